The van der Waals surface area contributed by atoms with Crippen molar-refractivity contribution in [2.24, 2.45) is 0 Å². The SMILES string of the molecule is CC1=C[CH]C=C1.COC(=O)C(=[N+]=[N-])[Si](O[C](C)=[Mn])(C(C)C)C(C)C.[C-]#[O+].[C-]#[O+]. The van der Waals surface area contributed by atoms with E-state index in [0.717, 1.165) is 0 Å². The van der Waals surface area contributed by atoms with Crippen LogP contribution in [0.15, 0.2) is 23.8 Å². The summed E-state index contributed by atoms with van der Waals surface area (Å²) in [5.41, 5.74) is 10.6. The van der Waals surface area contributed by atoms with Crippen LogP contribution in [0.2, 0.25) is 11.1 Å². The number of hydrogen-bond acceptors (Lipinski definition) is 3. The molecule has 1 radical (unpaired) electrons. The zero-order valence-corrected chi connectivity index (χ0v) is 19.5. The molecule has 1 aliphatic rings. The van der Waals surface area contributed by atoms with Gasteiger partial charge in [0, 0.05) is 6.42 Å². The molecule has 0 aromatic rings. The molecule has 0 unspecified atom stereocenters. The Labute approximate surface area is 176 Å². The molecule has 0 aliphatic heterocycles. The van der Waals surface area contributed by atoms with E-state index in [1.54, 1.807) is 6.92 Å². The zero-order chi connectivity index (χ0) is 22.9. The summed E-state index contributed by atoms with van der Waals surface area (Å²) >= 11 is 3.26. The summed E-state index contributed by atoms with van der Waals surface area (Å²) < 4.78 is 26.2. The number of methoxy groups -OCH3 is 1. The average molecular weight is 446 g/mol. The maximum atomic E-state index is 11.8. The summed E-state index contributed by atoms with van der Waals surface area (Å²) in [6.07, 6.45) is 8.24. The van der Waals surface area contributed by atoms with Gasteiger partial charge in [-0.1, -0.05) is 23.8 Å². The first kappa shape index (κ1) is 31.1. The molecule has 0 aromatic heterocycles. The Morgan fingerprint density at radius 3 is 1.86 bits per heavy atom. The van der Waals surface area contributed by atoms with Gasteiger partial charge in [0.25, 0.3) is 0 Å². The number of rotatable bonds is 6. The third-order valence-electron chi connectivity index (χ3n) is 3.70. The van der Waals surface area contributed by atoms with Crippen LogP contribution in [0.5, 0.6) is 0 Å². The first-order valence-electron chi connectivity index (χ1n) is 8.21. The second-order valence-electron chi connectivity index (χ2n) is 6.08. The molecule has 0 fully saturated rings. The fourth-order valence-electron chi connectivity index (χ4n) is 2.58. The molecule has 154 valence electrons. The van der Waals surface area contributed by atoms with Gasteiger partial charge in [-0.25, -0.2) is 0 Å². The number of ether oxygens (including phenoxy) is 1. The second-order valence-corrected chi connectivity index (χ2v) is 11.5. The first-order chi connectivity index (χ1) is 13.1. The van der Waals surface area contributed by atoms with Gasteiger partial charge in [0.05, 0.1) is 0 Å². The van der Waals surface area contributed by atoms with Crippen molar-refractivity contribution in [3.05, 3.63) is 49.1 Å². The van der Waals surface area contributed by atoms with Gasteiger partial charge in [-0.05, 0) is 6.92 Å². The van der Waals surface area contributed by atoms with Crippen molar-refractivity contribution in [2.45, 2.75) is 52.6 Å². The molecule has 0 N–H and O–H groups in total. The van der Waals surface area contributed by atoms with Crippen LogP contribution in [0.1, 0.15) is 41.5 Å². The number of allylic oxidation sites excluding steroid dienone is 4. The van der Waals surface area contributed by atoms with Crippen LogP contribution >= 0.6 is 0 Å². The Bertz CT molecular complexity index is 643. The third-order valence-corrected chi connectivity index (χ3v) is 9.16. The minimum atomic E-state index is -2.79. The number of carbonyl (C=O) groups excluding carboxylic acids is 1. The molecule has 1 aliphatic carbocycles. The molecule has 0 atom stereocenters. The number of nitrogens with zero attached hydrogens (tertiary/aromatic N) is 2. The number of esters is 1. The van der Waals surface area contributed by atoms with Crippen LogP contribution in [-0.4, -0.2) is 36.1 Å². The molecule has 7 nitrogen and oxygen atoms in total. The predicted molar refractivity (Wildman–Crippen MR) is 103 cm³/mol. The van der Waals surface area contributed by atoms with E-state index < -0.39 is 14.3 Å². The van der Waals surface area contributed by atoms with Gasteiger partial charge in [0.2, 0.25) is 0 Å². The van der Waals surface area contributed by atoms with Gasteiger partial charge < -0.3 is 0 Å². The fraction of sp³-hybridized carbons (Fsp3) is 0.474. The van der Waals surface area contributed by atoms with Crippen molar-refractivity contribution in [1.82, 2.24) is 0 Å². The minimum absolute atomic E-state index is 0.00815. The van der Waals surface area contributed by atoms with Crippen molar-refractivity contribution >= 4 is 24.2 Å². The Balaban J connectivity index is -0.000000512. The average Bonchev–Trinajstić information content (AvgIpc) is 3.15. The summed E-state index contributed by atoms with van der Waals surface area (Å²) in [5.74, 6) is -0.639. The fourth-order valence-corrected chi connectivity index (χ4v) is 7.21. The van der Waals surface area contributed by atoms with Crippen LogP contribution in [0.25, 0.3) is 5.53 Å². The molecular weight excluding hydrogens is 419 g/mol. The van der Waals surface area contributed by atoms with E-state index in [1.165, 1.54) is 12.7 Å². The van der Waals surface area contributed by atoms with Crippen molar-refractivity contribution in [1.29, 1.82) is 0 Å². The summed E-state index contributed by atoms with van der Waals surface area (Å²) in [6, 6.07) is 0. The predicted octanol–water partition coefficient (Wildman–Crippen LogP) is 3.48. The maximum absolute atomic E-state index is 11.8. The summed E-state index contributed by atoms with van der Waals surface area (Å²) in [5, 5.41) is 0.00815. The van der Waals surface area contributed by atoms with Crippen molar-refractivity contribution in [3.8, 4) is 0 Å². The van der Waals surface area contributed by atoms with Crippen molar-refractivity contribution in [3.63, 3.8) is 0 Å². The molecule has 0 saturated heterocycles. The number of carbonyl (C=O) groups is 1. The van der Waals surface area contributed by atoms with E-state index in [-0.39, 0.29) is 16.4 Å². The Hall–Kier alpha value is -1.62. The van der Waals surface area contributed by atoms with Crippen LogP contribution in [0.4, 0.5) is 0 Å². The summed E-state index contributed by atoms with van der Waals surface area (Å²) in [7, 11) is -1.52. The first-order valence-corrected chi connectivity index (χ1v) is 10.9. The third kappa shape index (κ3) is 10.1. The molecule has 9 heteroatoms. The van der Waals surface area contributed by atoms with Gasteiger partial charge in [0.15, 0.2) is 0 Å². The van der Waals surface area contributed by atoms with Crippen molar-refractivity contribution < 1.29 is 43.6 Å². The number of hydrogen-bond donors (Lipinski definition) is 0. The van der Waals surface area contributed by atoms with Gasteiger partial charge in [-0.15, -0.1) is 0 Å². The van der Waals surface area contributed by atoms with Crippen LogP contribution in [0.3, 0.4) is 0 Å². The molecule has 0 aromatic carbocycles. The second kappa shape index (κ2) is 17.5. The summed E-state index contributed by atoms with van der Waals surface area (Å²) in [6.45, 7) is 20.7. The standard InChI is InChI=1S/C11H20N2O3Si.C6H7.2CO.Mn/c1-7-16-17(8(2)3,9(4)5)10(13-12)11(14)15-6;1-6-4-2-3-5-6;2*1-2;/h8-9H,1-6H3;2-5H,1H3;;;. The monoisotopic (exact) mass is 446 g/mol. The van der Waals surface area contributed by atoms with E-state index in [9.17, 15) is 10.3 Å². The van der Waals surface area contributed by atoms with E-state index in [4.69, 9.17) is 18.5 Å². The molecule has 0 bridgehead atoms. The quantitative estimate of drug-likeness (QED) is 0.118. The molecule has 0 heterocycles. The molecule has 1 rings (SSSR count). The Morgan fingerprint density at radius 2 is 1.68 bits per heavy atom. The van der Waals surface area contributed by atoms with Gasteiger partial charge in [-0.2, -0.15) is 0 Å². The molecule has 0 spiro atoms. The van der Waals surface area contributed by atoms with E-state index in [0.29, 0.717) is 4.60 Å². The van der Waals surface area contributed by atoms with Gasteiger partial charge >= 0.3 is 139 Å². The van der Waals surface area contributed by atoms with Gasteiger partial charge in [0.1, 0.15) is 0 Å². The Morgan fingerprint density at radius 1 is 1.21 bits per heavy atom. The molecule has 0 saturated carbocycles. The molecule has 28 heavy (non-hydrogen) atoms. The normalized spacial score (nSPS) is 11.4. The van der Waals surface area contributed by atoms with Gasteiger partial charge in [-0.3, -0.25) is 0 Å². The van der Waals surface area contributed by atoms with Crippen LogP contribution in [-0.2, 0) is 38.8 Å². The van der Waals surface area contributed by atoms with Crippen molar-refractivity contribution in [2.75, 3.05) is 7.11 Å². The van der Waals surface area contributed by atoms with E-state index in [2.05, 4.69) is 52.7 Å². The summed E-state index contributed by atoms with van der Waals surface area (Å²) in [4.78, 5) is 15.0. The van der Waals surface area contributed by atoms with E-state index >= 15 is 0 Å². The van der Waals surface area contributed by atoms with E-state index in [1.807, 2.05) is 40.2 Å². The zero-order valence-electron chi connectivity index (χ0n) is 17.3. The Kier molecular flexibility index (Phi) is 19.4. The molecular formula is C19H27MnN2O5Si. The van der Waals surface area contributed by atoms with Crippen LogP contribution < -0.4 is 0 Å². The molecule has 0 amide bonds. The van der Waals surface area contributed by atoms with Crippen LogP contribution in [0, 0.1) is 19.7 Å². The topological polar surface area (TPSA) is 112 Å².